The zero-order valence-corrected chi connectivity index (χ0v) is 16.9. The van der Waals surface area contributed by atoms with Gasteiger partial charge in [0.05, 0.1) is 12.2 Å². The van der Waals surface area contributed by atoms with Crippen molar-refractivity contribution in [2.75, 3.05) is 36.8 Å². The maximum atomic E-state index is 12.3. The lowest BCUT2D eigenvalue weighted by molar-refractivity contribution is -0.130. The van der Waals surface area contributed by atoms with Gasteiger partial charge in [0.15, 0.2) is 0 Å². The molecule has 0 spiro atoms. The number of nitrogens with zero attached hydrogens (tertiary/aromatic N) is 4. The number of anilines is 1. The largest absolute Gasteiger partial charge is 0.390 e. The summed E-state index contributed by atoms with van der Waals surface area (Å²) in [6.07, 6.45) is -5.19. The molecule has 6 nitrogen and oxygen atoms in total. The van der Waals surface area contributed by atoms with Crippen LogP contribution < -0.4 is 4.90 Å². The number of piperazine rings is 1. The summed E-state index contributed by atoms with van der Waals surface area (Å²) >= 11 is 1.25. The highest BCUT2D eigenvalue weighted by Crippen LogP contribution is 2.24. The zero-order valence-electron chi connectivity index (χ0n) is 15.3. The highest BCUT2D eigenvalue weighted by molar-refractivity contribution is 7.89. The predicted octanol–water partition coefficient (Wildman–Crippen LogP) is 2.84. The molecule has 0 N–H and O–H groups in total. The lowest BCUT2D eigenvalue weighted by Gasteiger charge is -2.33. The van der Waals surface area contributed by atoms with Crippen LogP contribution >= 0.6 is 11.5 Å². The highest BCUT2D eigenvalue weighted by atomic mass is 32.2. The molecular formula is C17H21F3N4O2S2. The molecule has 0 unspecified atom stereocenters. The number of hydrogen-bond donors (Lipinski definition) is 0. The summed E-state index contributed by atoms with van der Waals surface area (Å²) in [6, 6.07) is 8.11. The molecule has 154 valence electrons. The number of rotatable bonds is 6. The van der Waals surface area contributed by atoms with E-state index in [0.717, 1.165) is 9.87 Å². The van der Waals surface area contributed by atoms with Gasteiger partial charge >= 0.3 is 6.18 Å². The van der Waals surface area contributed by atoms with E-state index < -0.39 is 28.4 Å². The van der Waals surface area contributed by atoms with Crippen LogP contribution in [0.4, 0.5) is 18.3 Å². The second-order valence-electron chi connectivity index (χ2n) is 6.72. The Bertz CT molecular complexity index is 890. The van der Waals surface area contributed by atoms with Crippen LogP contribution in [-0.2, 0) is 16.4 Å². The predicted molar refractivity (Wildman–Crippen MR) is 102 cm³/mol. The second kappa shape index (κ2) is 8.34. The monoisotopic (exact) mass is 434 g/mol. The number of alkyl halides is 3. The van der Waals surface area contributed by atoms with Gasteiger partial charge in [-0.3, -0.25) is 0 Å². The van der Waals surface area contributed by atoms with Crippen LogP contribution in [0.2, 0.25) is 0 Å². The molecule has 0 radical (unpaired) electrons. The van der Waals surface area contributed by atoms with Crippen LogP contribution in [0.25, 0.3) is 0 Å². The number of halogens is 3. The summed E-state index contributed by atoms with van der Waals surface area (Å²) in [6.45, 7) is 3.07. The van der Waals surface area contributed by atoms with Gasteiger partial charge in [-0.1, -0.05) is 29.8 Å². The maximum Gasteiger partial charge on any atom is 0.390 e. The number of benzene rings is 1. The van der Waals surface area contributed by atoms with Gasteiger partial charge in [-0.2, -0.15) is 21.9 Å². The first-order valence-corrected chi connectivity index (χ1v) is 11.2. The number of sulfonamides is 1. The van der Waals surface area contributed by atoms with Crippen molar-refractivity contribution in [2.24, 2.45) is 0 Å². The summed E-state index contributed by atoms with van der Waals surface area (Å²) in [5, 5.41) is 0.703. The molecule has 1 aliphatic rings. The van der Waals surface area contributed by atoms with Crippen LogP contribution in [0.1, 0.15) is 23.4 Å². The van der Waals surface area contributed by atoms with E-state index in [1.54, 1.807) is 0 Å². The van der Waals surface area contributed by atoms with Gasteiger partial charge in [0.25, 0.3) is 0 Å². The smallest absolute Gasteiger partial charge is 0.344 e. The van der Waals surface area contributed by atoms with Crippen molar-refractivity contribution in [1.82, 2.24) is 13.7 Å². The fourth-order valence-electron chi connectivity index (χ4n) is 2.86. The van der Waals surface area contributed by atoms with E-state index in [-0.39, 0.29) is 13.1 Å². The van der Waals surface area contributed by atoms with Crippen molar-refractivity contribution >= 4 is 26.7 Å². The lowest BCUT2D eigenvalue weighted by Crippen LogP contribution is -2.49. The molecule has 1 saturated heterocycles. The summed E-state index contributed by atoms with van der Waals surface area (Å²) < 4.78 is 66.6. The topological polar surface area (TPSA) is 66.4 Å². The van der Waals surface area contributed by atoms with E-state index in [4.69, 9.17) is 0 Å². The molecular weight excluding hydrogens is 413 g/mol. The van der Waals surface area contributed by atoms with Crippen molar-refractivity contribution in [1.29, 1.82) is 0 Å². The molecule has 0 amide bonds. The molecule has 1 aliphatic heterocycles. The summed E-state index contributed by atoms with van der Waals surface area (Å²) in [5.74, 6) is -0.209. The van der Waals surface area contributed by atoms with Gasteiger partial charge in [-0.25, -0.2) is 13.4 Å². The van der Waals surface area contributed by atoms with E-state index in [9.17, 15) is 21.6 Å². The molecule has 3 rings (SSSR count). The normalized spacial score (nSPS) is 16.5. The van der Waals surface area contributed by atoms with Crippen LogP contribution in [0, 0.1) is 6.92 Å². The third-order valence-electron chi connectivity index (χ3n) is 4.49. The first-order valence-electron chi connectivity index (χ1n) is 8.80. The average molecular weight is 435 g/mol. The molecule has 1 aromatic heterocycles. The Labute approximate surface area is 166 Å². The minimum atomic E-state index is -4.48. The van der Waals surface area contributed by atoms with Crippen molar-refractivity contribution in [3.05, 3.63) is 41.2 Å². The molecule has 1 fully saturated rings. The van der Waals surface area contributed by atoms with Gasteiger partial charge in [-0.05, 0) is 12.5 Å². The number of aryl methyl sites for hydroxylation is 1. The molecule has 11 heteroatoms. The Balaban J connectivity index is 1.55. The number of aromatic nitrogens is 2. The second-order valence-corrected chi connectivity index (χ2v) is 9.54. The van der Waals surface area contributed by atoms with Crippen molar-refractivity contribution in [2.45, 2.75) is 25.9 Å². The van der Waals surface area contributed by atoms with Crippen molar-refractivity contribution < 1.29 is 21.6 Å². The molecule has 0 aliphatic carbocycles. The molecule has 2 aromatic rings. The Kier molecular flexibility index (Phi) is 6.25. The molecule has 0 saturated carbocycles. The minimum Gasteiger partial charge on any atom is -0.344 e. The standard InChI is InChI=1S/C17H21F3N4O2S2/c1-13-2-4-14(5-3-13)12-15-21-16(27-22-15)23-7-9-24(10-8-23)28(25,26)11-6-17(18,19)20/h2-5H,6-12H2,1H3. The first kappa shape index (κ1) is 21.0. The average Bonchev–Trinajstić information content (AvgIpc) is 3.10. The van der Waals surface area contributed by atoms with Crippen LogP contribution in [0.5, 0.6) is 0 Å². The molecule has 2 heterocycles. The molecule has 1 aromatic carbocycles. The van der Waals surface area contributed by atoms with Gasteiger partial charge < -0.3 is 4.90 Å². The fraction of sp³-hybridized carbons (Fsp3) is 0.529. The Hall–Kier alpha value is -1.72. The van der Waals surface area contributed by atoms with E-state index >= 15 is 0 Å². The van der Waals surface area contributed by atoms with Gasteiger partial charge in [0.2, 0.25) is 15.2 Å². The summed E-state index contributed by atoms with van der Waals surface area (Å²) in [7, 11) is -3.91. The van der Waals surface area contributed by atoms with Crippen molar-refractivity contribution in [3.8, 4) is 0 Å². The highest BCUT2D eigenvalue weighted by Gasteiger charge is 2.34. The third kappa shape index (κ3) is 5.65. The molecule has 0 atom stereocenters. The molecule has 28 heavy (non-hydrogen) atoms. The number of hydrogen-bond acceptors (Lipinski definition) is 6. The van der Waals surface area contributed by atoms with Gasteiger partial charge in [0, 0.05) is 44.1 Å². The van der Waals surface area contributed by atoms with E-state index in [2.05, 4.69) is 9.36 Å². The quantitative estimate of drug-likeness (QED) is 0.700. The summed E-state index contributed by atoms with van der Waals surface area (Å²) in [5.41, 5.74) is 2.29. The van der Waals surface area contributed by atoms with Crippen LogP contribution in [-0.4, -0.2) is 60.2 Å². The van der Waals surface area contributed by atoms with Gasteiger partial charge in [0.1, 0.15) is 5.82 Å². The van der Waals surface area contributed by atoms with E-state index in [1.807, 2.05) is 36.1 Å². The first-order chi connectivity index (χ1) is 13.1. The Morgan fingerprint density at radius 2 is 1.75 bits per heavy atom. The van der Waals surface area contributed by atoms with Crippen LogP contribution in [0.3, 0.4) is 0 Å². The minimum absolute atomic E-state index is 0.146. The van der Waals surface area contributed by atoms with Gasteiger partial charge in [-0.15, -0.1) is 0 Å². The third-order valence-corrected chi connectivity index (χ3v) is 7.17. The zero-order chi connectivity index (χ0) is 20.4. The lowest BCUT2D eigenvalue weighted by atomic mass is 10.1. The Morgan fingerprint density at radius 3 is 2.36 bits per heavy atom. The molecule has 0 bridgehead atoms. The van der Waals surface area contributed by atoms with E-state index in [0.29, 0.717) is 30.5 Å². The summed E-state index contributed by atoms with van der Waals surface area (Å²) in [4.78, 5) is 6.45. The maximum absolute atomic E-state index is 12.3. The SMILES string of the molecule is Cc1ccc(Cc2nsc(N3CCN(S(=O)(=O)CCC(F)(F)F)CC3)n2)cc1. The Morgan fingerprint density at radius 1 is 1.11 bits per heavy atom. The van der Waals surface area contributed by atoms with E-state index in [1.165, 1.54) is 17.1 Å². The van der Waals surface area contributed by atoms with Crippen molar-refractivity contribution in [3.63, 3.8) is 0 Å². The van der Waals surface area contributed by atoms with Crippen LogP contribution in [0.15, 0.2) is 24.3 Å². The fourth-order valence-corrected chi connectivity index (χ4v) is 5.07.